The molecule has 3 rings (SSSR count). The SMILES string of the molecule is O=C1CCC2(CCC2)c2cc(Cl)ccc2N1. The summed E-state index contributed by atoms with van der Waals surface area (Å²) < 4.78 is 0. The normalized spacial score (nSPS) is 21.9. The van der Waals surface area contributed by atoms with Crippen LogP contribution in [0.1, 0.15) is 37.7 Å². The number of benzene rings is 1. The van der Waals surface area contributed by atoms with E-state index in [1.165, 1.54) is 24.8 Å². The van der Waals surface area contributed by atoms with E-state index in [4.69, 9.17) is 11.6 Å². The van der Waals surface area contributed by atoms with Gasteiger partial charge in [0.15, 0.2) is 0 Å². The Bertz CT molecular complexity index is 451. The molecule has 0 aromatic heterocycles. The van der Waals surface area contributed by atoms with Gasteiger partial charge in [-0.2, -0.15) is 0 Å². The summed E-state index contributed by atoms with van der Waals surface area (Å²) in [7, 11) is 0. The van der Waals surface area contributed by atoms with E-state index in [-0.39, 0.29) is 11.3 Å². The molecule has 3 heteroatoms. The minimum absolute atomic E-state index is 0.132. The van der Waals surface area contributed by atoms with E-state index >= 15 is 0 Å². The Morgan fingerprint density at radius 3 is 2.75 bits per heavy atom. The molecule has 0 unspecified atom stereocenters. The number of halogens is 1. The van der Waals surface area contributed by atoms with Crippen LogP contribution in [0.25, 0.3) is 0 Å². The van der Waals surface area contributed by atoms with Crippen molar-refractivity contribution in [3.8, 4) is 0 Å². The Labute approximate surface area is 100.0 Å². The standard InChI is InChI=1S/C13H14ClNO/c14-9-2-3-11-10(8-9)13(5-1-6-13)7-4-12(16)15-11/h2-3,8H,1,4-7H2,(H,15,16). The Kier molecular flexibility index (Phi) is 2.21. The molecule has 2 nitrogen and oxygen atoms in total. The summed E-state index contributed by atoms with van der Waals surface area (Å²) in [4.78, 5) is 11.6. The molecule has 0 saturated heterocycles. The molecule has 1 aromatic rings. The van der Waals surface area contributed by atoms with E-state index in [0.29, 0.717) is 6.42 Å². The number of nitrogens with one attached hydrogen (secondary N) is 1. The van der Waals surface area contributed by atoms with E-state index in [1.807, 2.05) is 18.2 Å². The van der Waals surface area contributed by atoms with Gasteiger partial charge in [-0.15, -0.1) is 0 Å². The first-order valence-electron chi connectivity index (χ1n) is 5.80. The third-order valence-electron chi connectivity index (χ3n) is 3.97. The fraction of sp³-hybridized carbons (Fsp3) is 0.462. The summed E-state index contributed by atoms with van der Waals surface area (Å²) in [5.41, 5.74) is 2.43. The first-order valence-corrected chi connectivity index (χ1v) is 6.17. The molecule has 1 fully saturated rings. The van der Waals surface area contributed by atoms with Crippen molar-refractivity contribution in [2.24, 2.45) is 0 Å². The maximum absolute atomic E-state index is 11.6. The fourth-order valence-corrected chi connectivity index (χ4v) is 3.06. The van der Waals surface area contributed by atoms with E-state index < -0.39 is 0 Å². The maximum atomic E-state index is 11.6. The van der Waals surface area contributed by atoms with Crippen LogP contribution in [0.15, 0.2) is 18.2 Å². The molecule has 0 atom stereocenters. The summed E-state index contributed by atoms with van der Waals surface area (Å²) in [6.45, 7) is 0. The zero-order chi connectivity index (χ0) is 11.2. The number of amides is 1. The zero-order valence-electron chi connectivity index (χ0n) is 9.05. The molecule has 84 valence electrons. The van der Waals surface area contributed by atoms with Crippen LogP contribution in [-0.2, 0) is 10.2 Å². The highest BCUT2D eigenvalue weighted by Gasteiger charge is 2.41. The molecule has 1 saturated carbocycles. The molecule has 1 amide bonds. The van der Waals surface area contributed by atoms with Crippen molar-refractivity contribution in [1.29, 1.82) is 0 Å². The number of carbonyl (C=O) groups excluding carboxylic acids is 1. The van der Waals surface area contributed by atoms with Crippen LogP contribution in [0.4, 0.5) is 5.69 Å². The highest BCUT2D eigenvalue weighted by atomic mass is 35.5. The van der Waals surface area contributed by atoms with Gasteiger partial charge in [0.1, 0.15) is 0 Å². The third-order valence-corrected chi connectivity index (χ3v) is 4.20. The topological polar surface area (TPSA) is 29.1 Å². The Hall–Kier alpha value is -1.02. The van der Waals surface area contributed by atoms with Crippen LogP contribution in [0.5, 0.6) is 0 Å². The predicted octanol–water partition coefficient (Wildman–Crippen LogP) is 3.49. The van der Waals surface area contributed by atoms with Crippen molar-refractivity contribution >= 4 is 23.2 Å². The minimum atomic E-state index is 0.132. The molecule has 1 aliphatic heterocycles. The highest BCUT2D eigenvalue weighted by Crippen LogP contribution is 2.51. The molecule has 1 aliphatic carbocycles. The average molecular weight is 236 g/mol. The quantitative estimate of drug-likeness (QED) is 0.733. The lowest BCUT2D eigenvalue weighted by Crippen LogP contribution is -2.33. The summed E-state index contributed by atoms with van der Waals surface area (Å²) >= 11 is 6.06. The molecule has 2 aliphatic rings. The lowest BCUT2D eigenvalue weighted by Gasteiger charge is -2.42. The van der Waals surface area contributed by atoms with Gasteiger partial charge >= 0.3 is 0 Å². The van der Waals surface area contributed by atoms with Crippen molar-refractivity contribution in [3.05, 3.63) is 28.8 Å². The van der Waals surface area contributed by atoms with Crippen LogP contribution >= 0.6 is 11.6 Å². The Morgan fingerprint density at radius 1 is 1.25 bits per heavy atom. The molecule has 0 radical (unpaired) electrons. The molecule has 1 N–H and O–H groups in total. The monoisotopic (exact) mass is 235 g/mol. The van der Waals surface area contributed by atoms with Gasteiger partial charge in [0, 0.05) is 17.1 Å². The van der Waals surface area contributed by atoms with Gasteiger partial charge in [-0.05, 0) is 48.4 Å². The average Bonchev–Trinajstić information content (AvgIpc) is 2.33. The molecular formula is C13H14ClNO. The first kappa shape index (κ1) is 10.2. The van der Waals surface area contributed by atoms with E-state index in [9.17, 15) is 4.79 Å². The summed E-state index contributed by atoms with van der Waals surface area (Å²) in [6.07, 6.45) is 5.24. The predicted molar refractivity (Wildman–Crippen MR) is 64.8 cm³/mol. The van der Waals surface area contributed by atoms with Crippen molar-refractivity contribution < 1.29 is 4.79 Å². The largest absolute Gasteiger partial charge is 0.326 e. The van der Waals surface area contributed by atoms with Crippen molar-refractivity contribution in [1.82, 2.24) is 0 Å². The molecule has 16 heavy (non-hydrogen) atoms. The number of rotatable bonds is 0. The molecule has 1 aromatic carbocycles. The van der Waals surface area contributed by atoms with Gasteiger partial charge in [0.25, 0.3) is 0 Å². The van der Waals surface area contributed by atoms with Crippen molar-refractivity contribution in [2.75, 3.05) is 5.32 Å². The van der Waals surface area contributed by atoms with Gasteiger partial charge in [-0.1, -0.05) is 18.0 Å². The van der Waals surface area contributed by atoms with Crippen molar-refractivity contribution in [3.63, 3.8) is 0 Å². The summed E-state index contributed by atoms with van der Waals surface area (Å²) in [5, 5.41) is 3.74. The molecule has 1 spiro atoms. The van der Waals surface area contributed by atoms with E-state index in [2.05, 4.69) is 5.32 Å². The van der Waals surface area contributed by atoms with Gasteiger partial charge < -0.3 is 5.32 Å². The minimum Gasteiger partial charge on any atom is -0.326 e. The molecular weight excluding hydrogens is 222 g/mol. The van der Waals surface area contributed by atoms with Crippen LogP contribution in [0.3, 0.4) is 0 Å². The third kappa shape index (κ3) is 1.44. The molecule has 1 heterocycles. The zero-order valence-corrected chi connectivity index (χ0v) is 9.81. The highest BCUT2D eigenvalue weighted by molar-refractivity contribution is 6.30. The number of fused-ring (bicyclic) bond motifs is 2. The van der Waals surface area contributed by atoms with E-state index in [0.717, 1.165) is 17.1 Å². The molecule has 0 bridgehead atoms. The lowest BCUT2D eigenvalue weighted by molar-refractivity contribution is -0.116. The Balaban J connectivity index is 2.13. The second kappa shape index (κ2) is 3.49. The Morgan fingerprint density at radius 2 is 2.06 bits per heavy atom. The van der Waals surface area contributed by atoms with Gasteiger partial charge in [0.2, 0.25) is 5.91 Å². The van der Waals surface area contributed by atoms with Gasteiger partial charge in [0.05, 0.1) is 0 Å². The second-order valence-electron chi connectivity index (χ2n) is 4.87. The van der Waals surface area contributed by atoms with Crippen LogP contribution < -0.4 is 5.32 Å². The van der Waals surface area contributed by atoms with Crippen LogP contribution in [0.2, 0.25) is 5.02 Å². The van der Waals surface area contributed by atoms with Gasteiger partial charge in [-0.3, -0.25) is 4.79 Å². The van der Waals surface area contributed by atoms with Crippen LogP contribution in [0, 0.1) is 0 Å². The number of hydrogen-bond donors (Lipinski definition) is 1. The number of carbonyl (C=O) groups is 1. The van der Waals surface area contributed by atoms with Crippen molar-refractivity contribution in [2.45, 2.75) is 37.5 Å². The fourth-order valence-electron chi connectivity index (χ4n) is 2.89. The lowest BCUT2D eigenvalue weighted by atomic mass is 9.62. The first-order chi connectivity index (χ1) is 7.70. The second-order valence-corrected chi connectivity index (χ2v) is 5.31. The maximum Gasteiger partial charge on any atom is 0.224 e. The van der Waals surface area contributed by atoms with Crippen LogP contribution in [-0.4, -0.2) is 5.91 Å². The number of hydrogen-bond acceptors (Lipinski definition) is 1. The smallest absolute Gasteiger partial charge is 0.224 e. The number of anilines is 1. The summed E-state index contributed by atoms with van der Waals surface area (Å²) in [5.74, 6) is 0.132. The van der Waals surface area contributed by atoms with Gasteiger partial charge in [-0.25, -0.2) is 0 Å². The van der Waals surface area contributed by atoms with E-state index in [1.54, 1.807) is 0 Å². The summed E-state index contributed by atoms with van der Waals surface area (Å²) in [6, 6.07) is 5.81.